The third-order valence-electron chi connectivity index (χ3n) is 6.14. The number of likely N-dealkylation sites (tertiary alicyclic amines) is 1. The maximum Gasteiger partial charge on any atom is 0.227 e. The van der Waals surface area contributed by atoms with Crippen LogP contribution in [0, 0.1) is 12.8 Å². The number of piperidine rings is 1. The second kappa shape index (κ2) is 7.19. The second-order valence-corrected chi connectivity index (χ2v) is 8.38. The van der Waals surface area contributed by atoms with Gasteiger partial charge in [-0.3, -0.25) is 4.79 Å². The van der Waals surface area contributed by atoms with E-state index in [1.54, 1.807) is 0 Å². The van der Waals surface area contributed by atoms with Crippen LogP contribution in [0.4, 0.5) is 0 Å². The Morgan fingerprint density at radius 3 is 2.59 bits per heavy atom. The van der Waals surface area contributed by atoms with Crippen molar-refractivity contribution >= 4 is 5.91 Å². The highest BCUT2D eigenvalue weighted by Crippen LogP contribution is 2.32. The van der Waals surface area contributed by atoms with Gasteiger partial charge in [0.2, 0.25) is 5.91 Å². The molecule has 29 heavy (non-hydrogen) atoms. The molecule has 1 fully saturated rings. The highest BCUT2D eigenvalue weighted by molar-refractivity contribution is 5.80. The molecule has 5 rings (SSSR count). The first-order valence-electron chi connectivity index (χ1n) is 10.4. The molecular weight excluding hydrogens is 362 g/mol. The Kier molecular flexibility index (Phi) is 4.51. The lowest BCUT2D eigenvalue weighted by Gasteiger charge is -2.31. The van der Waals surface area contributed by atoms with Gasteiger partial charge in [-0.15, -0.1) is 0 Å². The molecule has 150 valence electrons. The standard InChI is InChI=1S/C23H27N5O/c1-17-7-9-19(10-8-17)28-22(26-12-3-4-13-26)20-15-27(16-21(20)24-28)23(29)18-6-5-11-25(2)14-18/h3-4,7-10,12-13,18H,5-6,11,14-16H2,1-2H3. The van der Waals surface area contributed by atoms with Crippen molar-refractivity contribution in [2.75, 3.05) is 20.1 Å². The lowest BCUT2D eigenvalue weighted by molar-refractivity contribution is -0.137. The van der Waals surface area contributed by atoms with Crippen LogP contribution in [0.5, 0.6) is 0 Å². The summed E-state index contributed by atoms with van der Waals surface area (Å²) < 4.78 is 4.12. The highest BCUT2D eigenvalue weighted by Gasteiger charge is 2.35. The summed E-state index contributed by atoms with van der Waals surface area (Å²) in [5.41, 5.74) is 4.43. The summed E-state index contributed by atoms with van der Waals surface area (Å²) in [7, 11) is 2.11. The molecule has 6 heteroatoms. The molecule has 6 nitrogen and oxygen atoms in total. The maximum atomic E-state index is 13.2. The fourth-order valence-corrected chi connectivity index (χ4v) is 4.59. The van der Waals surface area contributed by atoms with Crippen molar-refractivity contribution in [2.45, 2.75) is 32.9 Å². The molecule has 0 bridgehead atoms. The van der Waals surface area contributed by atoms with Gasteiger partial charge in [-0.1, -0.05) is 17.7 Å². The average Bonchev–Trinajstić information content (AvgIpc) is 3.44. The molecule has 2 aliphatic rings. The van der Waals surface area contributed by atoms with Gasteiger partial charge in [0.25, 0.3) is 0 Å². The minimum Gasteiger partial charge on any atom is -0.332 e. The number of carbonyl (C=O) groups is 1. The van der Waals surface area contributed by atoms with Gasteiger partial charge in [-0.05, 0) is 57.6 Å². The Labute approximate surface area is 171 Å². The molecule has 3 aromatic rings. The van der Waals surface area contributed by atoms with E-state index in [0.29, 0.717) is 13.1 Å². The van der Waals surface area contributed by atoms with Crippen molar-refractivity contribution < 1.29 is 4.79 Å². The molecule has 0 spiro atoms. The third kappa shape index (κ3) is 3.27. The number of nitrogens with zero attached hydrogens (tertiary/aromatic N) is 5. The van der Waals surface area contributed by atoms with E-state index in [4.69, 9.17) is 5.10 Å². The second-order valence-electron chi connectivity index (χ2n) is 8.38. The molecule has 0 N–H and O–H groups in total. The zero-order chi connectivity index (χ0) is 20.0. The van der Waals surface area contributed by atoms with Crippen LogP contribution in [-0.2, 0) is 17.9 Å². The Hall–Kier alpha value is -2.86. The lowest BCUT2D eigenvalue weighted by Crippen LogP contribution is -2.41. The van der Waals surface area contributed by atoms with Gasteiger partial charge < -0.3 is 14.4 Å². The molecular formula is C23H27N5O. The number of aryl methyl sites for hydroxylation is 1. The average molecular weight is 390 g/mol. The van der Waals surface area contributed by atoms with Crippen LogP contribution in [0.25, 0.3) is 11.5 Å². The SMILES string of the molecule is Cc1ccc(-n2nc3c(c2-n2cccc2)CN(C(=O)C2CCCN(C)C2)C3)cc1. The summed E-state index contributed by atoms with van der Waals surface area (Å²) in [4.78, 5) is 17.4. The van der Waals surface area contributed by atoms with E-state index >= 15 is 0 Å². The van der Waals surface area contributed by atoms with Crippen LogP contribution in [0.1, 0.15) is 29.7 Å². The van der Waals surface area contributed by atoms with Gasteiger partial charge in [0, 0.05) is 24.5 Å². The van der Waals surface area contributed by atoms with Crippen LogP contribution in [0.2, 0.25) is 0 Å². The van der Waals surface area contributed by atoms with Crippen molar-refractivity contribution in [3.8, 4) is 11.5 Å². The van der Waals surface area contributed by atoms with Crippen LogP contribution in [0.3, 0.4) is 0 Å². The van der Waals surface area contributed by atoms with E-state index in [1.807, 2.05) is 34.1 Å². The van der Waals surface area contributed by atoms with Crippen molar-refractivity contribution in [3.63, 3.8) is 0 Å². The first-order chi connectivity index (χ1) is 14.1. The summed E-state index contributed by atoms with van der Waals surface area (Å²) in [5, 5.41) is 4.93. The monoisotopic (exact) mass is 389 g/mol. The number of hydrogen-bond donors (Lipinski definition) is 0. The Balaban J connectivity index is 1.48. The molecule has 2 aromatic heterocycles. The largest absolute Gasteiger partial charge is 0.332 e. The topological polar surface area (TPSA) is 46.3 Å². The number of fused-ring (bicyclic) bond motifs is 1. The van der Waals surface area contributed by atoms with Gasteiger partial charge in [-0.25, -0.2) is 4.68 Å². The van der Waals surface area contributed by atoms with Crippen LogP contribution in [0.15, 0.2) is 48.8 Å². The van der Waals surface area contributed by atoms with Crippen LogP contribution >= 0.6 is 0 Å². The molecule has 4 heterocycles. The van der Waals surface area contributed by atoms with Gasteiger partial charge in [0.05, 0.1) is 30.4 Å². The number of carbonyl (C=O) groups excluding carboxylic acids is 1. The molecule has 1 unspecified atom stereocenters. The smallest absolute Gasteiger partial charge is 0.227 e. The fraction of sp³-hybridized carbons (Fsp3) is 0.391. The normalized spacial score (nSPS) is 19.5. The molecule has 0 saturated carbocycles. The zero-order valence-corrected chi connectivity index (χ0v) is 17.1. The van der Waals surface area contributed by atoms with Crippen LogP contribution in [-0.4, -0.2) is 50.2 Å². The van der Waals surface area contributed by atoms with E-state index in [1.165, 1.54) is 5.56 Å². The molecule has 1 saturated heterocycles. The Bertz CT molecular complexity index is 1020. The first-order valence-corrected chi connectivity index (χ1v) is 10.4. The quantitative estimate of drug-likeness (QED) is 0.691. The van der Waals surface area contributed by atoms with E-state index in [9.17, 15) is 4.79 Å². The zero-order valence-electron chi connectivity index (χ0n) is 17.1. The highest BCUT2D eigenvalue weighted by atomic mass is 16.2. The summed E-state index contributed by atoms with van der Waals surface area (Å²) in [6.07, 6.45) is 6.18. The Morgan fingerprint density at radius 2 is 1.86 bits per heavy atom. The molecule has 1 atom stereocenters. The van der Waals surface area contributed by atoms with Gasteiger partial charge >= 0.3 is 0 Å². The fourth-order valence-electron chi connectivity index (χ4n) is 4.59. The van der Waals surface area contributed by atoms with Crippen molar-refractivity contribution in [3.05, 3.63) is 65.6 Å². The van der Waals surface area contributed by atoms with Crippen LogP contribution < -0.4 is 0 Å². The van der Waals surface area contributed by atoms with Crippen molar-refractivity contribution in [1.29, 1.82) is 0 Å². The summed E-state index contributed by atoms with van der Waals surface area (Å²) in [6, 6.07) is 12.5. The lowest BCUT2D eigenvalue weighted by atomic mass is 9.97. The molecule has 1 aromatic carbocycles. The van der Waals surface area contributed by atoms with E-state index < -0.39 is 0 Å². The number of rotatable bonds is 3. The summed E-state index contributed by atoms with van der Waals surface area (Å²) in [5.74, 6) is 1.41. The van der Waals surface area contributed by atoms with E-state index in [2.05, 4.69) is 47.7 Å². The van der Waals surface area contributed by atoms with Gasteiger partial charge in [-0.2, -0.15) is 5.10 Å². The predicted octanol–water partition coefficient (Wildman–Crippen LogP) is 3.16. The number of aromatic nitrogens is 3. The van der Waals surface area contributed by atoms with E-state index in [0.717, 1.165) is 48.7 Å². The van der Waals surface area contributed by atoms with E-state index in [-0.39, 0.29) is 11.8 Å². The summed E-state index contributed by atoms with van der Waals surface area (Å²) >= 11 is 0. The van der Waals surface area contributed by atoms with Crippen molar-refractivity contribution in [1.82, 2.24) is 24.1 Å². The molecule has 1 amide bonds. The first kappa shape index (κ1) is 18.2. The third-order valence-corrected chi connectivity index (χ3v) is 6.14. The number of benzene rings is 1. The van der Waals surface area contributed by atoms with Crippen molar-refractivity contribution in [2.24, 2.45) is 5.92 Å². The molecule has 2 aliphatic heterocycles. The predicted molar refractivity (Wildman–Crippen MR) is 112 cm³/mol. The number of amides is 1. The summed E-state index contributed by atoms with van der Waals surface area (Å²) in [6.45, 7) is 5.27. The van der Waals surface area contributed by atoms with Gasteiger partial charge in [0.1, 0.15) is 5.82 Å². The maximum absolute atomic E-state index is 13.2. The minimum atomic E-state index is 0.108. The van der Waals surface area contributed by atoms with Gasteiger partial charge in [0.15, 0.2) is 0 Å². The molecule has 0 aliphatic carbocycles. The Morgan fingerprint density at radius 1 is 1.10 bits per heavy atom. The number of hydrogen-bond acceptors (Lipinski definition) is 3. The molecule has 0 radical (unpaired) electrons. The minimum absolute atomic E-state index is 0.108.